The van der Waals surface area contributed by atoms with Crippen molar-refractivity contribution >= 4 is 11.6 Å². The van der Waals surface area contributed by atoms with Crippen molar-refractivity contribution in [2.24, 2.45) is 0 Å². The normalized spacial score (nSPS) is 20.1. The summed E-state index contributed by atoms with van der Waals surface area (Å²) in [5, 5.41) is 9.32. The van der Waals surface area contributed by atoms with Gasteiger partial charge >= 0.3 is 0 Å². The van der Waals surface area contributed by atoms with Crippen LogP contribution in [0.25, 0.3) is 0 Å². The number of benzene rings is 1. The number of rotatable bonds is 1. The van der Waals surface area contributed by atoms with Crippen molar-refractivity contribution < 1.29 is 14.3 Å². The van der Waals surface area contributed by atoms with Crippen LogP contribution in [0.1, 0.15) is 16.8 Å². The molecule has 1 aliphatic heterocycles. The van der Waals surface area contributed by atoms with E-state index in [9.17, 15) is 14.3 Å². The van der Waals surface area contributed by atoms with Gasteiger partial charge in [0.25, 0.3) is 5.91 Å². The first-order valence-corrected chi connectivity index (χ1v) is 5.10. The molecule has 1 fully saturated rings. The predicted molar refractivity (Wildman–Crippen MR) is 57.3 cm³/mol. The predicted octanol–water partition coefficient (Wildman–Crippen LogP) is 0.615. The molecule has 1 saturated heterocycles. The van der Waals surface area contributed by atoms with E-state index in [1.165, 1.54) is 23.1 Å². The molecule has 86 valence electrons. The quantitative estimate of drug-likeness (QED) is 0.687. The van der Waals surface area contributed by atoms with Crippen molar-refractivity contribution in [3.8, 4) is 0 Å². The van der Waals surface area contributed by atoms with Gasteiger partial charge in [-0.15, -0.1) is 0 Å². The van der Waals surface area contributed by atoms with E-state index in [4.69, 9.17) is 5.73 Å². The number of hydrogen-bond donors (Lipinski definition) is 2. The van der Waals surface area contributed by atoms with Crippen molar-refractivity contribution in [1.82, 2.24) is 4.90 Å². The number of nitrogens with zero attached hydrogens (tertiary/aromatic N) is 1. The van der Waals surface area contributed by atoms with Crippen LogP contribution in [0.3, 0.4) is 0 Å². The van der Waals surface area contributed by atoms with Crippen LogP contribution in [-0.2, 0) is 0 Å². The monoisotopic (exact) mass is 224 g/mol. The summed E-state index contributed by atoms with van der Waals surface area (Å²) in [7, 11) is 0. The van der Waals surface area contributed by atoms with E-state index in [-0.39, 0.29) is 11.6 Å². The minimum atomic E-state index is -0.530. The number of nitrogen functional groups attached to an aromatic ring is 1. The van der Waals surface area contributed by atoms with Gasteiger partial charge in [0.1, 0.15) is 5.82 Å². The van der Waals surface area contributed by atoms with E-state index in [0.29, 0.717) is 25.1 Å². The minimum absolute atomic E-state index is 0.0365. The number of nitrogens with two attached hydrogens (primary N) is 1. The maximum Gasteiger partial charge on any atom is 0.254 e. The zero-order valence-electron chi connectivity index (χ0n) is 8.69. The lowest BCUT2D eigenvalue weighted by molar-refractivity contribution is 0.0765. The number of hydrogen-bond acceptors (Lipinski definition) is 3. The summed E-state index contributed by atoms with van der Waals surface area (Å²) in [5.41, 5.74) is 5.71. The van der Waals surface area contributed by atoms with Gasteiger partial charge in [-0.3, -0.25) is 4.79 Å². The average Bonchev–Trinajstić information content (AvgIpc) is 2.68. The first-order valence-electron chi connectivity index (χ1n) is 5.10. The number of amides is 1. The van der Waals surface area contributed by atoms with Crippen LogP contribution in [0.4, 0.5) is 10.1 Å². The number of anilines is 1. The number of likely N-dealkylation sites (tertiary alicyclic amines) is 1. The second-order valence-electron chi connectivity index (χ2n) is 3.93. The van der Waals surface area contributed by atoms with Crippen LogP contribution in [-0.4, -0.2) is 35.1 Å². The Morgan fingerprint density at radius 1 is 1.56 bits per heavy atom. The van der Waals surface area contributed by atoms with Gasteiger partial charge in [0.15, 0.2) is 0 Å². The van der Waals surface area contributed by atoms with Gasteiger partial charge in [-0.25, -0.2) is 4.39 Å². The molecule has 0 spiro atoms. The summed E-state index contributed by atoms with van der Waals surface area (Å²) < 4.78 is 12.9. The molecule has 0 saturated carbocycles. The standard InChI is InChI=1S/C11H13FN2O2/c12-9-2-1-7(5-10(9)13)11(16)14-4-3-8(15)6-14/h1-2,5,8,15H,3-4,6,13H2/t8-/m0/s1. The van der Waals surface area contributed by atoms with Gasteiger partial charge in [0.05, 0.1) is 11.8 Å². The molecule has 1 heterocycles. The SMILES string of the molecule is Nc1cc(C(=O)N2CC[C@H](O)C2)ccc1F. The summed E-state index contributed by atoms with van der Waals surface area (Å²) in [4.78, 5) is 13.4. The fraction of sp³-hybridized carbons (Fsp3) is 0.364. The number of carbonyl (C=O) groups excluding carboxylic acids is 1. The first kappa shape index (κ1) is 10.9. The Hall–Kier alpha value is -1.62. The molecule has 0 aromatic heterocycles. The lowest BCUT2D eigenvalue weighted by atomic mass is 10.1. The Labute approximate surface area is 92.5 Å². The summed E-state index contributed by atoms with van der Waals surface area (Å²) in [5.74, 6) is -0.749. The molecular weight excluding hydrogens is 211 g/mol. The number of aliphatic hydroxyl groups is 1. The number of aliphatic hydroxyl groups excluding tert-OH is 1. The Bertz CT molecular complexity index is 422. The number of carbonyl (C=O) groups is 1. The molecule has 1 aromatic carbocycles. The van der Waals surface area contributed by atoms with Crippen LogP contribution in [0, 0.1) is 5.82 Å². The molecule has 1 amide bonds. The third kappa shape index (κ3) is 1.99. The molecule has 0 unspecified atom stereocenters. The average molecular weight is 224 g/mol. The van der Waals surface area contributed by atoms with Gasteiger partial charge in [-0.05, 0) is 24.6 Å². The van der Waals surface area contributed by atoms with E-state index < -0.39 is 11.9 Å². The van der Waals surface area contributed by atoms with E-state index >= 15 is 0 Å². The van der Waals surface area contributed by atoms with Gasteiger partial charge in [-0.1, -0.05) is 0 Å². The molecule has 4 nitrogen and oxygen atoms in total. The van der Waals surface area contributed by atoms with Crippen LogP contribution in [0.15, 0.2) is 18.2 Å². The van der Waals surface area contributed by atoms with Gasteiger partial charge in [0, 0.05) is 18.7 Å². The van der Waals surface area contributed by atoms with Gasteiger partial charge in [-0.2, -0.15) is 0 Å². The van der Waals surface area contributed by atoms with Gasteiger partial charge < -0.3 is 15.7 Å². The molecule has 0 aliphatic carbocycles. The molecule has 0 radical (unpaired) electrons. The highest BCUT2D eigenvalue weighted by atomic mass is 19.1. The molecule has 5 heteroatoms. The number of halogens is 1. The molecule has 1 aromatic rings. The summed E-state index contributed by atoms with van der Waals surface area (Å²) >= 11 is 0. The number of β-amino-alcohol motifs (C(OH)–C–C–N with tert-alkyl or cyclic N) is 1. The fourth-order valence-electron chi connectivity index (χ4n) is 1.79. The maximum absolute atomic E-state index is 12.9. The van der Waals surface area contributed by atoms with E-state index in [1.54, 1.807) is 0 Å². The van der Waals surface area contributed by atoms with Crippen molar-refractivity contribution in [2.75, 3.05) is 18.8 Å². The largest absolute Gasteiger partial charge is 0.396 e. The Morgan fingerprint density at radius 2 is 2.31 bits per heavy atom. The topological polar surface area (TPSA) is 66.6 Å². The highest BCUT2D eigenvalue weighted by Gasteiger charge is 2.25. The van der Waals surface area contributed by atoms with Crippen molar-refractivity contribution in [3.63, 3.8) is 0 Å². The summed E-state index contributed by atoms with van der Waals surface area (Å²) in [6.45, 7) is 0.855. The summed E-state index contributed by atoms with van der Waals surface area (Å²) in [6, 6.07) is 3.90. The second kappa shape index (κ2) is 4.09. The minimum Gasteiger partial charge on any atom is -0.396 e. The molecule has 1 atom stereocenters. The first-order chi connectivity index (χ1) is 7.58. The van der Waals surface area contributed by atoms with E-state index in [2.05, 4.69) is 0 Å². The highest BCUT2D eigenvalue weighted by molar-refractivity contribution is 5.95. The molecule has 16 heavy (non-hydrogen) atoms. The maximum atomic E-state index is 12.9. The Balaban J connectivity index is 2.18. The zero-order chi connectivity index (χ0) is 11.7. The highest BCUT2D eigenvalue weighted by Crippen LogP contribution is 2.17. The van der Waals surface area contributed by atoms with E-state index in [0.717, 1.165) is 0 Å². The molecule has 0 bridgehead atoms. The Kier molecular flexibility index (Phi) is 2.78. The third-order valence-electron chi connectivity index (χ3n) is 2.69. The van der Waals surface area contributed by atoms with Crippen LogP contribution in [0.2, 0.25) is 0 Å². The molecular formula is C11H13FN2O2. The fourth-order valence-corrected chi connectivity index (χ4v) is 1.79. The lowest BCUT2D eigenvalue weighted by Gasteiger charge is -2.15. The molecule has 2 rings (SSSR count). The second-order valence-corrected chi connectivity index (χ2v) is 3.93. The van der Waals surface area contributed by atoms with Gasteiger partial charge in [0.2, 0.25) is 0 Å². The smallest absolute Gasteiger partial charge is 0.254 e. The summed E-state index contributed by atoms with van der Waals surface area (Å²) in [6.07, 6.45) is 0.129. The third-order valence-corrected chi connectivity index (χ3v) is 2.69. The molecule has 1 aliphatic rings. The lowest BCUT2D eigenvalue weighted by Crippen LogP contribution is -2.29. The Morgan fingerprint density at radius 3 is 2.88 bits per heavy atom. The van der Waals surface area contributed by atoms with Crippen molar-refractivity contribution in [2.45, 2.75) is 12.5 Å². The molecule has 3 N–H and O–H groups in total. The van der Waals surface area contributed by atoms with Crippen LogP contribution in [0.5, 0.6) is 0 Å². The van der Waals surface area contributed by atoms with Crippen molar-refractivity contribution in [1.29, 1.82) is 0 Å². The zero-order valence-corrected chi connectivity index (χ0v) is 8.69. The van der Waals surface area contributed by atoms with Crippen LogP contribution < -0.4 is 5.73 Å². The van der Waals surface area contributed by atoms with E-state index in [1.807, 2.05) is 0 Å². The van der Waals surface area contributed by atoms with Crippen molar-refractivity contribution in [3.05, 3.63) is 29.6 Å². The van der Waals surface area contributed by atoms with Crippen LogP contribution >= 0.6 is 0 Å².